The minimum Gasteiger partial charge on any atom is -0.339 e. The zero-order valence-corrected chi connectivity index (χ0v) is 9.51. The monoisotopic (exact) mass is 217 g/mol. The highest BCUT2D eigenvalue weighted by Crippen LogP contribution is 2.01. The van der Waals surface area contributed by atoms with Crippen LogP contribution in [0.15, 0.2) is 36.4 Å². The van der Waals surface area contributed by atoms with Crippen LogP contribution in [0.2, 0.25) is 0 Å². The van der Waals surface area contributed by atoms with Gasteiger partial charge in [0.15, 0.2) is 0 Å². The normalized spacial score (nSPS) is 10.4. The quantitative estimate of drug-likeness (QED) is 0.569. The number of benzene rings is 1. The number of nitrogens with zero attached hydrogens (tertiary/aromatic N) is 1. The van der Waals surface area contributed by atoms with E-state index in [9.17, 15) is 9.59 Å². The zero-order valence-electron chi connectivity index (χ0n) is 9.51. The van der Waals surface area contributed by atoms with E-state index in [0.717, 1.165) is 5.56 Å². The maximum absolute atomic E-state index is 11.4. The SMILES string of the molecule is CCN(C)C(=O)C(=O)C=Cc1ccccc1. The highest BCUT2D eigenvalue weighted by atomic mass is 16.2. The van der Waals surface area contributed by atoms with Gasteiger partial charge >= 0.3 is 0 Å². The minimum absolute atomic E-state index is 0.477. The minimum atomic E-state index is -0.492. The van der Waals surface area contributed by atoms with Crippen LogP contribution in [0.3, 0.4) is 0 Å². The number of amides is 1. The Morgan fingerprint density at radius 2 is 1.88 bits per heavy atom. The molecule has 0 heterocycles. The lowest BCUT2D eigenvalue weighted by Crippen LogP contribution is -2.31. The largest absolute Gasteiger partial charge is 0.339 e. The van der Waals surface area contributed by atoms with Crippen LogP contribution in [0.4, 0.5) is 0 Å². The van der Waals surface area contributed by atoms with E-state index in [-0.39, 0.29) is 0 Å². The number of ketones is 1. The summed E-state index contributed by atoms with van der Waals surface area (Å²) in [5.41, 5.74) is 0.905. The molecule has 3 nitrogen and oxygen atoms in total. The van der Waals surface area contributed by atoms with E-state index >= 15 is 0 Å². The standard InChI is InChI=1S/C13H15NO2/c1-3-14(2)13(16)12(15)10-9-11-7-5-4-6-8-11/h4-10H,3H2,1-2H3. The molecule has 1 amide bonds. The third kappa shape index (κ3) is 3.35. The van der Waals surface area contributed by atoms with E-state index in [0.29, 0.717) is 6.54 Å². The van der Waals surface area contributed by atoms with Crippen LogP contribution in [-0.2, 0) is 9.59 Å². The average Bonchev–Trinajstić information content (AvgIpc) is 2.35. The second-order valence-electron chi connectivity index (χ2n) is 3.43. The third-order valence-electron chi connectivity index (χ3n) is 2.26. The average molecular weight is 217 g/mol. The van der Waals surface area contributed by atoms with Crippen LogP contribution in [0.5, 0.6) is 0 Å². The third-order valence-corrected chi connectivity index (χ3v) is 2.26. The summed E-state index contributed by atoms with van der Waals surface area (Å²) in [6.45, 7) is 2.36. The first-order valence-corrected chi connectivity index (χ1v) is 5.17. The Hall–Kier alpha value is -1.90. The lowest BCUT2D eigenvalue weighted by atomic mass is 10.2. The number of likely N-dealkylation sites (N-methyl/N-ethyl adjacent to an activating group) is 1. The van der Waals surface area contributed by atoms with Gasteiger partial charge in [0.25, 0.3) is 5.91 Å². The van der Waals surface area contributed by atoms with Gasteiger partial charge in [0, 0.05) is 13.6 Å². The smallest absolute Gasteiger partial charge is 0.294 e. The Labute approximate surface area is 95.4 Å². The molecule has 0 saturated carbocycles. The highest BCUT2D eigenvalue weighted by Gasteiger charge is 2.13. The molecule has 1 aromatic rings. The predicted octanol–water partition coefficient (Wildman–Crippen LogP) is 1.75. The van der Waals surface area contributed by atoms with Crippen LogP contribution in [0, 0.1) is 0 Å². The summed E-state index contributed by atoms with van der Waals surface area (Å²) in [5.74, 6) is -0.970. The Balaban J connectivity index is 2.65. The first kappa shape index (κ1) is 12.2. The van der Waals surface area contributed by atoms with Gasteiger partial charge in [-0.05, 0) is 18.6 Å². The fourth-order valence-corrected chi connectivity index (χ4v) is 1.14. The molecule has 0 N–H and O–H groups in total. The van der Waals surface area contributed by atoms with Crippen molar-refractivity contribution in [2.75, 3.05) is 13.6 Å². The van der Waals surface area contributed by atoms with Gasteiger partial charge in [-0.25, -0.2) is 0 Å². The summed E-state index contributed by atoms with van der Waals surface area (Å²) >= 11 is 0. The number of rotatable bonds is 4. The fraction of sp³-hybridized carbons (Fsp3) is 0.231. The van der Waals surface area contributed by atoms with E-state index in [1.807, 2.05) is 37.3 Å². The van der Waals surface area contributed by atoms with Crippen LogP contribution in [-0.4, -0.2) is 30.2 Å². The number of carbonyl (C=O) groups excluding carboxylic acids is 2. The molecule has 0 aliphatic heterocycles. The van der Waals surface area contributed by atoms with Gasteiger partial charge < -0.3 is 4.90 Å². The van der Waals surface area contributed by atoms with Gasteiger partial charge in [-0.2, -0.15) is 0 Å². The second-order valence-corrected chi connectivity index (χ2v) is 3.43. The summed E-state index contributed by atoms with van der Waals surface area (Å²) in [7, 11) is 1.61. The predicted molar refractivity (Wildman–Crippen MR) is 63.8 cm³/mol. The van der Waals surface area contributed by atoms with E-state index in [1.165, 1.54) is 11.0 Å². The van der Waals surface area contributed by atoms with Crippen molar-refractivity contribution >= 4 is 17.8 Å². The molecule has 1 rings (SSSR count). The lowest BCUT2D eigenvalue weighted by molar-refractivity contribution is -0.141. The molecule has 84 valence electrons. The van der Waals surface area contributed by atoms with E-state index < -0.39 is 11.7 Å². The van der Waals surface area contributed by atoms with Crippen molar-refractivity contribution in [3.05, 3.63) is 42.0 Å². The molecule has 0 bridgehead atoms. The van der Waals surface area contributed by atoms with Crippen molar-refractivity contribution in [1.82, 2.24) is 4.90 Å². The van der Waals surface area contributed by atoms with Gasteiger partial charge in [-0.3, -0.25) is 9.59 Å². The molecule has 16 heavy (non-hydrogen) atoms. The van der Waals surface area contributed by atoms with E-state index in [4.69, 9.17) is 0 Å². The highest BCUT2D eigenvalue weighted by molar-refractivity contribution is 6.41. The van der Waals surface area contributed by atoms with Crippen LogP contribution < -0.4 is 0 Å². The molecule has 0 fully saturated rings. The van der Waals surface area contributed by atoms with Crippen molar-refractivity contribution in [3.63, 3.8) is 0 Å². The molecular formula is C13H15NO2. The van der Waals surface area contributed by atoms with Crippen molar-refractivity contribution < 1.29 is 9.59 Å². The first-order valence-electron chi connectivity index (χ1n) is 5.17. The summed E-state index contributed by atoms with van der Waals surface area (Å²) < 4.78 is 0. The summed E-state index contributed by atoms with van der Waals surface area (Å²) in [5, 5.41) is 0. The Morgan fingerprint density at radius 3 is 2.44 bits per heavy atom. The molecule has 0 spiro atoms. The Morgan fingerprint density at radius 1 is 1.25 bits per heavy atom. The number of carbonyl (C=O) groups is 2. The van der Waals surface area contributed by atoms with Gasteiger partial charge in [0.1, 0.15) is 0 Å². The van der Waals surface area contributed by atoms with Gasteiger partial charge in [-0.15, -0.1) is 0 Å². The van der Waals surface area contributed by atoms with Crippen molar-refractivity contribution in [2.45, 2.75) is 6.92 Å². The van der Waals surface area contributed by atoms with Crippen LogP contribution >= 0.6 is 0 Å². The molecule has 0 saturated heterocycles. The molecule has 0 aliphatic carbocycles. The van der Waals surface area contributed by atoms with E-state index in [2.05, 4.69) is 0 Å². The summed E-state index contributed by atoms with van der Waals surface area (Å²) in [4.78, 5) is 24.2. The maximum Gasteiger partial charge on any atom is 0.294 e. The zero-order chi connectivity index (χ0) is 12.0. The first-order chi connectivity index (χ1) is 7.65. The number of hydrogen-bond donors (Lipinski definition) is 0. The Bertz CT molecular complexity index is 396. The molecule has 0 radical (unpaired) electrons. The van der Waals surface area contributed by atoms with Gasteiger partial charge in [-0.1, -0.05) is 36.4 Å². The van der Waals surface area contributed by atoms with E-state index in [1.54, 1.807) is 13.1 Å². The van der Waals surface area contributed by atoms with Crippen molar-refractivity contribution in [1.29, 1.82) is 0 Å². The molecule has 0 aliphatic rings. The second kappa shape index (κ2) is 5.85. The van der Waals surface area contributed by atoms with Crippen LogP contribution in [0.25, 0.3) is 6.08 Å². The molecule has 0 atom stereocenters. The van der Waals surface area contributed by atoms with Crippen LogP contribution in [0.1, 0.15) is 12.5 Å². The Kier molecular flexibility index (Phi) is 4.45. The van der Waals surface area contributed by atoms with Crippen molar-refractivity contribution in [2.24, 2.45) is 0 Å². The summed E-state index contributed by atoms with van der Waals surface area (Å²) in [6.07, 6.45) is 2.95. The number of hydrogen-bond acceptors (Lipinski definition) is 2. The molecule has 1 aromatic carbocycles. The lowest BCUT2D eigenvalue weighted by Gasteiger charge is -2.11. The maximum atomic E-state index is 11.4. The molecule has 3 heteroatoms. The molecule has 0 unspecified atom stereocenters. The summed E-state index contributed by atoms with van der Waals surface area (Å²) in [6, 6.07) is 9.40. The van der Waals surface area contributed by atoms with Crippen molar-refractivity contribution in [3.8, 4) is 0 Å². The topological polar surface area (TPSA) is 37.4 Å². The molecule has 0 aromatic heterocycles. The van der Waals surface area contributed by atoms with Gasteiger partial charge in [0.05, 0.1) is 0 Å². The molecular weight excluding hydrogens is 202 g/mol. The fourth-order valence-electron chi connectivity index (χ4n) is 1.14. The van der Waals surface area contributed by atoms with Gasteiger partial charge in [0.2, 0.25) is 5.78 Å².